The van der Waals surface area contributed by atoms with Gasteiger partial charge in [-0.25, -0.2) is 0 Å². The van der Waals surface area contributed by atoms with E-state index in [4.69, 9.17) is 15.1 Å². The SMILES string of the molecule is CC[N+](CC)(CC)CC.OB(O)O.[Br-]. The Labute approximate surface area is 98.1 Å². The number of hydrogen-bond donors (Lipinski definition) is 3. The first-order valence-corrected chi connectivity index (χ1v) is 4.87. The van der Waals surface area contributed by atoms with Crippen molar-refractivity contribution in [1.82, 2.24) is 0 Å². The highest BCUT2D eigenvalue weighted by molar-refractivity contribution is 6.30. The van der Waals surface area contributed by atoms with E-state index in [0.717, 1.165) is 0 Å². The molecule has 0 heterocycles. The number of nitrogens with zero attached hydrogens (tertiary/aromatic N) is 1. The van der Waals surface area contributed by atoms with Crippen LogP contribution in [0.4, 0.5) is 0 Å². The summed E-state index contributed by atoms with van der Waals surface area (Å²) in [5.41, 5.74) is 0. The van der Waals surface area contributed by atoms with Gasteiger partial charge >= 0.3 is 7.32 Å². The molecular weight excluding hydrogens is 249 g/mol. The molecule has 88 valence electrons. The number of hydrogen-bond acceptors (Lipinski definition) is 3. The predicted molar refractivity (Wildman–Crippen MR) is 54.8 cm³/mol. The Hall–Kier alpha value is 0.385. The minimum atomic E-state index is -2.17. The molecule has 0 aliphatic carbocycles. The first-order chi connectivity index (χ1) is 5.97. The topological polar surface area (TPSA) is 60.7 Å². The molecule has 0 spiro atoms. The third kappa shape index (κ3) is 10.5. The van der Waals surface area contributed by atoms with E-state index in [0.29, 0.717) is 0 Å². The fourth-order valence-corrected chi connectivity index (χ4v) is 1.34. The fraction of sp³-hybridized carbons (Fsp3) is 1.00. The molecule has 0 aromatic rings. The summed E-state index contributed by atoms with van der Waals surface area (Å²) >= 11 is 0. The second kappa shape index (κ2) is 11.5. The summed E-state index contributed by atoms with van der Waals surface area (Å²) in [5.74, 6) is 0. The molecule has 0 aliphatic heterocycles. The molecule has 0 aromatic carbocycles. The first kappa shape index (κ1) is 19.9. The molecule has 0 rings (SSSR count). The van der Waals surface area contributed by atoms with Gasteiger partial charge in [-0.05, 0) is 27.7 Å². The summed E-state index contributed by atoms with van der Waals surface area (Å²) in [6, 6.07) is 0. The van der Waals surface area contributed by atoms with E-state index in [9.17, 15) is 0 Å². The summed E-state index contributed by atoms with van der Waals surface area (Å²) in [5, 5.41) is 21.5. The second-order valence-corrected chi connectivity index (χ2v) is 2.95. The van der Waals surface area contributed by atoms with Gasteiger partial charge in [-0.1, -0.05) is 0 Å². The Morgan fingerprint density at radius 1 is 0.786 bits per heavy atom. The minimum Gasteiger partial charge on any atom is -1.00 e. The van der Waals surface area contributed by atoms with Crippen LogP contribution in [-0.2, 0) is 0 Å². The van der Waals surface area contributed by atoms with Gasteiger partial charge in [-0.15, -0.1) is 0 Å². The van der Waals surface area contributed by atoms with Gasteiger partial charge in [0.05, 0.1) is 26.2 Å². The van der Waals surface area contributed by atoms with Crippen molar-refractivity contribution in [3.05, 3.63) is 0 Å². The standard InChI is InChI=1S/C8H20N.BH3O3.BrH/c1-5-9(6-2,7-3)8-4;2-1(3)4;/h5-8H2,1-4H3;2-4H;1H/q+1;;/p-1. The van der Waals surface area contributed by atoms with E-state index in [2.05, 4.69) is 27.7 Å². The molecule has 6 heteroatoms. The van der Waals surface area contributed by atoms with Gasteiger partial charge < -0.3 is 36.5 Å². The van der Waals surface area contributed by atoms with Crippen molar-refractivity contribution in [3.8, 4) is 0 Å². The van der Waals surface area contributed by atoms with Crippen molar-refractivity contribution in [2.45, 2.75) is 27.7 Å². The van der Waals surface area contributed by atoms with Gasteiger partial charge in [0.15, 0.2) is 0 Å². The van der Waals surface area contributed by atoms with Gasteiger partial charge in [0, 0.05) is 0 Å². The lowest BCUT2D eigenvalue weighted by Gasteiger charge is -2.34. The molecule has 14 heavy (non-hydrogen) atoms. The predicted octanol–water partition coefficient (Wildman–Crippen LogP) is -3.16. The highest BCUT2D eigenvalue weighted by atomic mass is 79.9. The van der Waals surface area contributed by atoms with Crippen molar-refractivity contribution in [3.63, 3.8) is 0 Å². The molecule has 0 aliphatic rings. The van der Waals surface area contributed by atoms with E-state index in [-0.39, 0.29) is 17.0 Å². The Bertz CT molecular complexity index is 92.5. The lowest BCUT2D eigenvalue weighted by Crippen LogP contribution is -3.00. The van der Waals surface area contributed by atoms with Crippen molar-refractivity contribution in [2.24, 2.45) is 0 Å². The highest BCUT2D eigenvalue weighted by Gasteiger charge is 2.16. The fourth-order valence-electron chi connectivity index (χ4n) is 1.34. The van der Waals surface area contributed by atoms with Crippen LogP contribution >= 0.6 is 0 Å². The number of halogens is 1. The van der Waals surface area contributed by atoms with Crippen LogP contribution in [0.5, 0.6) is 0 Å². The summed E-state index contributed by atoms with van der Waals surface area (Å²) in [6.45, 7) is 14.2. The molecule has 0 saturated carbocycles. The van der Waals surface area contributed by atoms with Crippen molar-refractivity contribution in [1.29, 1.82) is 0 Å². The minimum absolute atomic E-state index is 0. The molecule has 0 fully saturated rings. The average Bonchev–Trinajstić information content (AvgIpc) is 2.09. The zero-order valence-electron chi connectivity index (χ0n) is 9.57. The third-order valence-electron chi connectivity index (χ3n) is 2.68. The van der Waals surface area contributed by atoms with Gasteiger partial charge in [-0.3, -0.25) is 0 Å². The van der Waals surface area contributed by atoms with E-state index in [1.807, 2.05) is 0 Å². The molecule has 0 radical (unpaired) electrons. The highest BCUT2D eigenvalue weighted by Crippen LogP contribution is 2.03. The van der Waals surface area contributed by atoms with Crippen LogP contribution in [-0.4, -0.2) is 53.1 Å². The molecule has 0 saturated heterocycles. The summed E-state index contributed by atoms with van der Waals surface area (Å²) in [7, 11) is -2.17. The maximum atomic E-state index is 7.17. The molecule has 0 bridgehead atoms. The van der Waals surface area contributed by atoms with Crippen LogP contribution < -0.4 is 17.0 Å². The lowest BCUT2D eigenvalue weighted by atomic mass is 10.3. The summed E-state index contributed by atoms with van der Waals surface area (Å²) < 4.78 is 1.28. The van der Waals surface area contributed by atoms with E-state index >= 15 is 0 Å². The Morgan fingerprint density at radius 3 is 0.929 bits per heavy atom. The van der Waals surface area contributed by atoms with Crippen molar-refractivity contribution in [2.75, 3.05) is 26.2 Å². The second-order valence-electron chi connectivity index (χ2n) is 2.95. The van der Waals surface area contributed by atoms with Crippen molar-refractivity contribution >= 4 is 7.32 Å². The van der Waals surface area contributed by atoms with Gasteiger partial charge in [0.1, 0.15) is 0 Å². The number of quaternary nitrogens is 1. The molecule has 3 N–H and O–H groups in total. The normalized spacial score (nSPS) is 9.64. The monoisotopic (exact) mass is 271 g/mol. The van der Waals surface area contributed by atoms with Gasteiger partial charge in [-0.2, -0.15) is 0 Å². The summed E-state index contributed by atoms with van der Waals surface area (Å²) in [4.78, 5) is 0. The molecule has 4 nitrogen and oxygen atoms in total. The quantitative estimate of drug-likeness (QED) is 0.374. The van der Waals surface area contributed by atoms with E-state index in [1.165, 1.54) is 30.7 Å². The van der Waals surface area contributed by atoms with E-state index in [1.54, 1.807) is 0 Å². The van der Waals surface area contributed by atoms with Gasteiger partial charge in [0.2, 0.25) is 0 Å². The zero-order chi connectivity index (χ0) is 10.9. The lowest BCUT2D eigenvalue weighted by molar-refractivity contribution is -0.921. The third-order valence-corrected chi connectivity index (χ3v) is 2.68. The van der Waals surface area contributed by atoms with Crippen LogP contribution in [0.3, 0.4) is 0 Å². The molecule has 0 atom stereocenters. The zero-order valence-corrected chi connectivity index (χ0v) is 11.2. The van der Waals surface area contributed by atoms with Crippen LogP contribution in [0.25, 0.3) is 0 Å². The van der Waals surface area contributed by atoms with Crippen LogP contribution in [0.2, 0.25) is 0 Å². The molecular formula is C8H23BBrNO3. The molecule has 0 aromatic heterocycles. The first-order valence-electron chi connectivity index (χ1n) is 4.87. The molecule has 0 amide bonds. The summed E-state index contributed by atoms with van der Waals surface area (Å²) in [6.07, 6.45) is 0. The average molecular weight is 272 g/mol. The smallest absolute Gasteiger partial charge is 0.631 e. The van der Waals surface area contributed by atoms with Gasteiger partial charge in [0.25, 0.3) is 0 Å². The van der Waals surface area contributed by atoms with Crippen LogP contribution in [0, 0.1) is 0 Å². The molecule has 0 unspecified atom stereocenters. The number of rotatable bonds is 4. The largest absolute Gasteiger partial charge is 1.00 e. The van der Waals surface area contributed by atoms with E-state index < -0.39 is 7.32 Å². The maximum absolute atomic E-state index is 7.17. The van der Waals surface area contributed by atoms with Crippen LogP contribution in [0.15, 0.2) is 0 Å². The van der Waals surface area contributed by atoms with Crippen molar-refractivity contribution < 1.29 is 36.5 Å². The Kier molecular flexibility index (Phi) is 16.3. The maximum Gasteiger partial charge on any atom is 0.631 e. The Balaban J connectivity index is -0.000000209. The van der Waals surface area contributed by atoms with Crippen LogP contribution in [0.1, 0.15) is 27.7 Å². The Morgan fingerprint density at radius 2 is 0.929 bits per heavy atom.